The normalized spacial score (nSPS) is 10.0. The van der Waals surface area contributed by atoms with Crippen LogP contribution >= 0.6 is 0 Å². The molecule has 0 spiro atoms. The standard InChI is InChI=1S/C9H7N5/c1-5-6(2-10)3-12-9-7(5)8(11)13-4-14-9/h3-4H,1H3,(H2,11,12,13,14). The first kappa shape index (κ1) is 8.38. The lowest BCUT2D eigenvalue weighted by Gasteiger charge is -2.03. The lowest BCUT2D eigenvalue weighted by Crippen LogP contribution is -1.98. The summed E-state index contributed by atoms with van der Waals surface area (Å²) in [4.78, 5) is 11.8. The summed E-state index contributed by atoms with van der Waals surface area (Å²) >= 11 is 0. The molecule has 2 aromatic rings. The molecule has 0 aliphatic rings. The van der Waals surface area contributed by atoms with Crippen LogP contribution in [-0.4, -0.2) is 15.0 Å². The number of anilines is 1. The van der Waals surface area contributed by atoms with E-state index in [2.05, 4.69) is 15.0 Å². The summed E-state index contributed by atoms with van der Waals surface area (Å²) in [5.74, 6) is 0.358. The van der Waals surface area contributed by atoms with Gasteiger partial charge in [-0.1, -0.05) is 0 Å². The molecule has 0 aromatic carbocycles. The SMILES string of the molecule is Cc1c(C#N)cnc2ncnc(N)c12. The van der Waals surface area contributed by atoms with Crippen molar-refractivity contribution in [1.29, 1.82) is 5.26 Å². The van der Waals surface area contributed by atoms with Crippen LogP contribution in [0.4, 0.5) is 5.82 Å². The Bertz CT molecular complexity index is 541. The monoisotopic (exact) mass is 185 g/mol. The highest BCUT2D eigenvalue weighted by Gasteiger charge is 2.08. The quantitative estimate of drug-likeness (QED) is 0.655. The molecule has 5 nitrogen and oxygen atoms in total. The number of hydrogen-bond acceptors (Lipinski definition) is 5. The van der Waals surface area contributed by atoms with Gasteiger partial charge < -0.3 is 5.73 Å². The molecule has 0 fully saturated rings. The molecule has 0 unspecified atom stereocenters. The minimum atomic E-state index is 0.358. The van der Waals surface area contributed by atoms with Gasteiger partial charge in [-0.3, -0.25) is 0 Å². The predicted molar refractivity (Wildman–Crippen MR) is 51.2 cm³/mol. The molecule has 0 aliphatic heterocycles. The summed E-state index contributed by atoms with van der Waals surface area (Å²) in [5, 5.41) is 9.46. The van der Waals surface area contributed by atoms with Crippen molar-refractivity contribution in [2.75, 3.05) is 5.73 Å². The van der Waals surface area contributed by atoms with E-state index in [9.17, 15) is 0 Å². The van der Waals surface area contributed by atoms with Gasteiger partial charge in [0.2, 0.25) is 0 Å². The second-order valence-electron chi connectivity index (χ2n) is 2.87. The van der Waals surface area contributed by atoms with Crippen molar-refractivity contribution < 1.29 is 0 Å². The maximum atomic E-state index is 8.80. The Balaban J connectivity index is 2.95. The molecule has 68 valence electrons. The zero-order valence-corrected chi connectivity index (χ0v) is 7.52. The first-order valence-corrected chi connectivity index (χ1v) is 4.00. The van der Waals surface area contributed by atoms with Crippen molar-refractivity contribution >= 4 is 16.9 Å². The van der Waals surface area contributed by atoms with Gasteiger partial charge in [-0.05, 0) is 12.5 Å². The summed E-state index contributed by atoms with van der Waals surface area (Å²) in [5.41, 5.74) is 7.48. The lowest BCUT2D eigenvalue weighted by atomic mass is 10.1. The average Bonchev–Trinajstić information content (AvgIpc) is 2.18. The first-order valence-electron chi connectivity index (χ1n) is 4.00. The predicted octanol–water partition coefficient (Wildman–Crippen LogP) is 0.787. The van der Waals surface area contributed by atoms with E-state index in [4.69, 9.17) is 11.0 Å². The summed E-state index contributed by atoms with van der Waals surface area (Å²) in [6, 6.07) is 2.04. The van der Waals surface area contributed by atoms with Crippen molar-refractivity contribution in [3.8, 4) is 6.07 Å². The molecule has 0 radical (unpaired) electrons. The van der Waals surface area contributed by atoms with Crippen LogP contribution in [0.1, 0.15) is 11.1 Å². The van der Waals surface area contributed by atoms with Crippen LogP contribution in [0.25, 0.3) is 11.0 Å². The summed E-state index contributed by atoms with van der Waals surface area (Å²) in [6.07, 6.45) is 2.85. The number of nitrogen functional groups attached to an aromatic ring is 1. The van der Waals surface area contributed by atoms with Gasteiger partial charge in [-0.15, -0.1) is 0 Å². The van der Waals surface area contributed by atoms with E-state index in [0.29, 0.717) is 22.4 Å². The van der Waals surface area contributed by atoms with Gasteiger partial charge in [-0.2, -0.15) is 5.26 Å². The van der Waals surface area contributed by atoms with Crippen molar-refractivity contribution in [2.45, 2.75) is 6.92 Å². The Kier molecular flexibility index (Phi) is 1.75. The second-order valence-corrected chi connectivity index (χ2v) is 2.87. The Morgan fingerprint density at radius 3 is 2.86 bits per heavy atom. The minimum absolute atomic E-state index is 0.358. The number of fused-ring (bicyclic) bond motifs is 1. The molecular formula is C9H7N5. The van der Waals surface area contributed by atoms with Gasteiger partial charge in [0, 0.05) is 6.20 Å². The van der Waals surface area contributed by atoms with E-state index in [0.717, 1.165) is 5.56 Å². The third-order valence-corrected chi connectivity index (χ3v) is 2.07. The van der Waals surface area contributed by atoms with Gasteiger partial charge in [0.15, 0.2) is 5.65 Å². The highest BCUT2D eigenvalue weighted by Crippen LogP contribution is 2.21. The van der Waals surface area contributed by atoms with E-state index in [1.54, 1.807) is 0 Å². The van der Waals surface area contributed by atoms with Crippen LogP contribution in [-0.2, 0) is 0 Å². The lowest BCUT2D eigenvalue weighted by molar-refractivity contribution is 1.17. The fourth-order valence-electron chi connectivity index (χ4n) is 1.32. The zero-order valence-electron chi connectivity index (χ0n) is 7.52. The van der Waals surface area contributed by atoms with Crippen LogP contribution < -0.4 is 5.73 Å². The topological polar surface area (TPSA) is 88.5 Å². The second kappa shape index (κ2) is 2.92. The van der Waals surface area contributed by atoms with E-state index < -0.39 is 0 Å². The van der Waals surface area contributed by atoms with Crippen molar-refractivity contribution in [3.63, 3.8) is 0 Å². The number of pyridine rings is 1. The number of aromatic nitrogens is 3. The largest absolute Gasteiger partial charge is 0.383 e. The number of rotatable bonds is 0. The van der Waals surface area contributed by atoms with Crippen LogP contribution in [0.15, 0.2) is 12.5 Å². The zero-order chi connectivity index (χ0) is 10.1. The molecule has 5 heteroatoms. The summed E-state index contributed by atoms with van der Waals surface area (Å²) in [7, 11) is 0. The molecule has 2 aromatic heterocycles. The molecule has 0 saturated heterocycles. The molecular weight excluding hydrogens is 178 g/mol. The molecule has 0 aliphatic carbocycles. The van der Waals surface area contributed by atoms with E-state index in [-0.39, 0.29) is 0 Å². The maximum absolute atomic E-state index is 8.80. The smallest absolute Gasteiger partial charge is 0.164 e. The third kappa shape index (κ3) is 1.05. The number of hydrogen-bond donors (Lipinski definition) is 1. The van der Waals surface area contributed by atoms with Crippen molar-refractivity contribution in [2.24, 2.45) is 0 Å². The highest BCUT2D eigenvalue weighted by atomic mass is 14.9. The molecule has 14 heavy (non-hydrogen) atoms. The van der Waals surface area contributed by atoms with E-state index >= 15 is 0 Å². The molecule has 0 bridgehead atoms. The Hall–Kier alpha value is -2.22. The van der Waals surface area contributed by atoms with Crippen molar-refractivity contribution in [3.05, 3.63) is 23.7 Å². The van der Waals surface area contributed by atoms with Gasteiger partial charge in [0.05, 0.1) is 10.9 Å². The number of nitriles is 1. The van der Waals surface area contributed by atoms with Crippen LogP contribution in [0.5, 0.6) is 0 Å². The molecule has 2 N–H and O–H groups in total. The summed E-state index contributed by atoms with van der Waals surface area (Å²) < 4.78 is 0. The Morgan fingerprint density at radius 1 is 1.36 bits per heavy atom. The number of nitrogens with two attached hydrogens (primary N) is 1. The van der Waals surface area contributed by atoms with E-state index in [1.165, 1.54) is 12.5 Å². The van der Waals surface area contributed by atoms with Crippen LogP contribution in [0, 0.1) is 18.3 Å². The third-order valence-electron chi connectivity index (χ3n) is 2.07. The Labute approximate surface area is 80.2 Å². The maximum Gasteiger partial charge on any atom is 0.164 e. The average molecular weight is 185 g/mol. The van der Waals surface area contributed by atoms with Crippen LogP contribution in [0.3, 0.4) is 0 Å². The molecule has 2 rings (SSSR count). The fourth-order valence-corrected chi connectivity index (χ4v) is 1.32. The number of nitrogens with zero attached hydrogens (tertiary/aromatic N) is 4. The van der Waals surface area contributed by atoms with Gasteiger partial charge in [-0.25, -0.2) is 15.0 Å². The van der Waals surface area contributed by atoms with Gasteiger partial charge in [0.1, 0.15) is 18.2 Å². The molecule has 0 saturated carbocycles. The summed E-state index contributed by atoms with van der Waals surface area (Å²) in [6.45, 7) is 1.81. The molecule has 2 heterocycles. The molecule has 0 atom stereocenters. The molecule has 0 amide bonds. The van der Waals surface area contributed by atoms with Crippen LogP contribution in [0.2, 0.25) is 0 Å². The highest BCUT2D eigenvalue weighted by molar-refractivity contribution is 5.89. The first-order chi connectivity index (χ1) is 6.74. The van der Waals surface area contributed by atoms with E-state index in [1.807, 2.05) is 13.0 Å². The van der Waals surface area contributed by atoms with Gasteiger partial charge >= 0.3 is 0 Å². The minimum Gasteiger partial charge on any atom is -0.383 e. The Morgan fingerprint density at radius 2 is 2.14 bits per heavy atom. The van der Waals surface area contributed by atoms with Gasteiger partial charge in [0.25, 0.3) is 0 Å². The number of aryl methyl sites for hydroxylation is 1. The fraction of sp³-hybridized carbons (Fsp3) is 0.111. The van der Waals surface area contributed by atoms with Crippen molar-refractivity contribution in [1.82, 2.24) is 15.0 Å².